The summed E-state index contributed by atoms with van der Waals surface area (Å²) in [7, 11) is 1.72. The minimum absolute atomic E-state index is 0.601. The van der Waals surface area contributed by atoms with Crippen LogP contribution in [0.2, 0.25) is 0 Å². The van der Waals surface area contributed by atoms with Crippen LogP contribution in [0.4, 0.5) is 5.82 Å². The summed E-state index contributed by atoms with van der Waals surface area (Å²) in [6.07, 6.45) is 4.59. The van der Waals surface area contributed by atoms with Crippen molar-refractivity contribution in [3.63, 3.8) is 0 Å². The Kier molecular flexibility index (Phi) is 5.80. The Morgan fingerprint density at radius 2 is 2.20 bits per heavy atom. The van der Waals surface area contributed by atoms with Gasteiger partial charge in [-0.15, -0.1) is 0 Å². The van der Waals surface area contributed by atoms with E-state index in [2.05, 4.69) is 41.2 Å². The summed E-state index contributed by atoms with van der Waals surface area (Å²) < 4.78 is 5.02. The summed E-state index contributed by atoms with van der Waals surface area (Å²) in [5, 5.41) is 3.34. The molecule has 2 unspecified atom stereocenters. The zero-order chi connectivity index (χ0) is 14.4. The molecule has 1 aromatic heterocycles. The average Bonchev–Trinajstić information content (AvgIpc) is 2.47. The molecule has 0 aliphatic carbocycles. The lowest BCUT2D eigenvalue weighted by Crippen LogP contribution is -2.41. The molecule has 2 rings (SSSR count). The lowest BCUT2D eigenvalue weighted by molar-refractivity contribution is 0.199. The topological polar surface area (TPSA) is 37.4 Å². The Hall–Kier alpha value is -1.13. The number of pyridine rings is 1. The van der Waals surface area contributed by atoms with E-state index in [9.17, 15) is 0 Å². The van der Waals surface area contributed by atoms with E-state index in [1.54, 1.807) is 7.11 Å². The highest BCUT2D eigenvalue weighted by molar-refractivity contribution is 5.41. The van der Waals surface area contributed by atoms with Gasteiger partial charge in [0.15, 0.2) is 0 Å². The van der Waals surface area contributed by atoms with Crippen molar-refractivity contribution in [1.82, 2.24) is 10.3 Å². The van der Waals surface area contributed by atoms with Crippen LogP contribution in [0.5, 0.6) is 0 Å². The lowest BCUT2D eigenvalue weighted by atomic mass is 9.95. The zero-order valence-corrected chi connectivity index (χ0v) is 12.9. The number of rotatable bonds is 6. The van der Waals surface area contributed by atoms with Crippen LogP contribution < -0.4 is 10.2 Å². The molecular formula is C16H27N3O. The van der Waals surface area contributed by atoms with Gasteiger partial charge in [-0.3, -0.25) is 0 Å². The van der Waals surface area contributed by atoms with Crippen molar-refractivity contribution < 1.29 is 4.74 Å². The molecule has 1 N–H and O–H groups in total. The number of aromatic nitrogens is 1. The monoisotopic (exact) mass is 277 g/mol. The zero-order valence-electron chi connectivity index (χ0n) is 12.9. The second kappa shape index (κ2) is 7.60. The maximum Gasteiger partial charge on any atom is 0.128 e. The summed E-state index contributed by atoms with van der Waals surface area (Å²) in [5.41, 5.74) is 1.22. The van der Waals surface area contributed by atoms with Crippen LogP contribution in [0, 0.1) is 5.92 Å². The molecule has 4 nitrogen and oxygen atoms in total. The first kappa shape index (κ1) is 15.3. The number of piperidine rings is 1. The van der Waals surface area contributed by atoms with E-state index in [4.69, 9.17) is 4.74 Å². The number of methoxy groups -OCH3 is 1. The maximum absolute atomic E-state index is 5.02. The smallest absolute Gasteiger partial charge is 0.128 e. The molecule has 0 radical (unpaired) electrons. The number of hydrogen-bond donors (Lipinski definition) is 1. The Morgan fingerprint density at radius 1 is 1.35 bits per heavy atom. The third-order valence-corrected chi connectivity index (χ3v) is 4.03. The van der Waals surface area contributed by atoms with Gasteiger partial charge < -0.3 is 15.0 Å². The Morgan fingerprint density at radius 3 is 2.90 bits per heavy atom. The summed E-state index contributed by atoms with van der Waals surface area (Å²) in [5.74, 6) is 1.88. The van der Waals surface area contributed by atoms with Gasteiger partial charge in [0.25, 0.3) is 0 Å². The maximum atomic E-state index is 5.02. The summed E-state index contributed by atoms with van der Waals surface area (Å²) in [6.45, 7) is 8.22. The van der Waals surface area contributed by atoms with Crippen molar-refractivity contribution in [3.05, 3.63) is 23.9 Å². The van der Waals surface area contributed by atoms with Gasteiger partial charge in [0, 0.05) is 39.0 Å². The number of ether oxygens (including phenoxy) is 1. The fourth-order valence-electron chi connectivity index (χ4n) is 2.71. The van der Waals surface area contributed by atoms with E-state index in [1.165, 1.54) is 18.4 Å². The van der Waals surface area contributed by atoms with Crippen LogP contribution in [0.15, 0.2) is 18.3 Å². The number of nitrogens with one attached hydrogen (secondary N) is 1. The Bertz CT molecular complexity index is 393. The standard InChI is InChI=1S/C16H27N3O/c1-13-4-5-14(2)19(12-13)16-7-6-15(11-18-16)10-17-8-9-20-3/h6-7,11,13-14,17H,4-5,8-10,12H2,1-3H3. The van der Waals surface area contributed by atoms with E-state index in [0.717, 1.165) is 38.0 Å². The molecule has 1 fully saturated rings. The van der Waals surface area contributed by atoms with Crippen LogP contribution in [-0.2, 0) is 11.3 Å². The molecular weight excluding hydrogens is 250 g/mol. The molecule has 0 aromatic carbocycles. The van der Waals surface area contributed by atoms with Crippen LogP contribution >= 0.6 is 0 Å². The van der Waals surface area contributed by atoms with Crippen LogP contribution in [0.1, 0.15) is 32.3 Å². The first-order valence-corrected chi connectivity index (χ1v) is 7.62. The minimum atomic E-state index is 0.601. The van der Waals surface area contributed by atoms with Crippen molar-refractivity contribution in [2.45, 2.75) is 39.3 Å². The Labute approximate surface area is 122 Å². The molecule has 2 heterocycles. The first-order chi connectivity index (χ1) is 9.70. The van der Waals surface area contributed by atoms with Gasteiger partial charge in [-0.25, -0.2) is 4.98 Å². The molecule has 112 valence electrons. The summed E-state index contributed by atoms with van der Waals surface area (Å²) in [4.78, 5) is 7.08. The highest BCUT2D eigenvalue weighted by Gasteiger charge is 2.23. The van der Waals surface area contributed by atoms with Gasteiger partial charge in [-0.2, -0.15) is 0 Å². The van der Waals surface area contributed by atoms with Gasteiger partial charge in [-0.1, -0.05) is 13.0 Å². The fraction of sp³-hybridized carbons (Fsp3) is 0.688. The molecule has 2 atom stereocenters. The second-order valence-electron chi connectivity index (χ2n) is 5.88. The molecule has 1 aliphatic heterocycles. The lowest BCUT2D eigenvalue weighted by Gasteiger charge is -2.37. The van der Waals surface area contributed by atoms with E-state index in [1.807, 2.05) is 6.20 Å². The molecule has 1 saturated heterocycles. The van der Waals surface area contributed by atoms with Gasteiger partial charge >= 0.3 is 0 Å². The van der Waals surface area contributed by atoms with Crippen molar-refractivity contribution in [1.29, 1.82) is 0 Å². The molecule has 1 aromatic rings. The van der Waals surface area contributed by atoms with Crippen molar-refractivity contribution >= 4 is 5.82 Å². The minimum Gasteiger partial charge on any atom is -0.383 e. The van der Waals surface area contributed by atoms with E-state index < -0.39 is 0 Å². The van der Waals surface area contributed by atoms with Crippen molar-refractivity contribution in [2.75, 3.05) is 31.7 Å². The van der Waals surface area contributed by atoms with E-state index in [-0.39, 0.29) is 0 Å². The largest absolute Gasteiger partial charge is 0.383 e. The third-order valence-electron chi connectivity index (χ3n) is 4.03. The predicted molar refractivity (Wildman–Crippen MR) is 83.0 cm³/mol. The summed E-state index contributed by atoms with van der Waals surface area (Å²) >= 11 is 0. The molecule has 20 heavy (non-hydrogen) atoms. The molecule has 4 heteroatoms. The van der Waals surface area contributed by atoms with Crippen molar-refractivity contribution in [2.24, 2.45) is 5.92 Å². The van der Waals surface area contributed by atoms with Gasteiger partial charge in [-0.05, 0) is 37.3 Å². The van der Waals surface area contributed by atoms with Gasteiger partial charge in [0.2, 0.25) is 0 Å². The van der Waals surface area contributed by atoms with Crippen molar-refractivity contribution in [3.8, 4) is 0 Å². The molecule has 0 amide bonds. The van der Waals surface area contributed by atoms with Gasteiger partial charge in [0.05, 0.1) is 6.61 Å². The van der Waals surface area contributed by atoms with E-state index >= 15 is 0 Å². The number of hydrogen-bond acceptors (Lipinski definition) is 4. The molecule has 0 bridgehead atoms. The average molecular weight is 277 g/mol. The second-order valence-corrected chi connectivity index (χ2v) is 5.88. The first-order valence-electron chi connectivity index (χ1n) is 7.62. The molecule has 1 aliphatic rings. The van der Waals surface area contributed by atoms with Crippen LogP contribution in [0.3, 0.4) is 0 Å². The van der Waals surface area contributed by atoms with Gasteiger partial charge in [0.1, 0.15) is 5.82 Å². The number of anilines is 1. The fourth-order valence-corrected chi connectivity index (χ4v) is 2.71. The van der Waals surface area contributed by atoms with E-state index in [0.29, 0.717) is 6.04 Å². The Balaban J connectivity index is 1.90. The number of nitrogens with zero attached hydrogens (tertiary/aromatic N) is 2. The third kappa shape index (κ3) is 4.18. The highest BCUT2D eigenvalue weighted by atomic mass is 16.5. The highest BCUT2D eigenvalue weighted by Crippen LogP contribution is 2.25. The van der Waals surface area contributed by atoms with Crippen LogP contribution in [-0.4, -0.2) is 37.8 Å². The SMILES string of the molecule is COCCNCc1ccc(N2CC(C)CCC2C)nc1. The quantitative estimate of drug-likeness (QED) is 0.811. The summed E-state index contributed by atoms with van der Waals surface area (Å²) in [6, 6.07) is 4.93. The predicted octanol–water partition coefficient (Wildman–Crippen LogP) is 2.44. The molecule has 0 saturated carbocycles. The molecule has 0 spiro atoms. The van der Waals surface area contributed by atoms with Crippen LogP contribution in [0.25, 0.3) is 0 Å². The normalized spacial score (nSPS) is 23.1.